The number of aromatic carboxylic acids is 1. The monoisotopic (exact) mass is 308 g/mol. The molecule has 0 aliphatic rings. The molecule has 21 heavy (non-hydrogen) atoms. The number of hydrogen-bond acceptors (Lipinski definition) is 4. The number of furan rings is 1. The van der Waals surface area contributed by atoms with Gasteiger partial charge in [0.15, 0.2) is 9.84 Å². The van der Waals surface area contributed by atoms with Gasteiger partial charge < -0.3 is 9.52 Å². The van der Waals surface area contributed by atoms with Gasteiger partial charge in [-0.15, -0.1) is 0 Å². The highest BCUT2D eigenvalue weighted by molar-refractivity contribution is 7.89. The van der Waals surface area contributed by atoms with Crippen molar-refractivity contribution < 1.29 is 22.7 Å². The maximum Gasteiger partial charge on any atom is 0.372 e. The Hall–Kier alpha value is -2.08. The van der Waals surface area contributed by atoms with Crippen LogP contribution in [0.5, 0.6) is 0 Å². The fourth-order valence-electron chi connectivity index (χ4n) is 2.33. The molecular weight excluding hydrogens is 292 g/mol. The number of carbonyl (C=O) groups is 1. The van der Waals surface area contributed by atoms with Crippen molar-refractivity contribution in [3.05, 3.63) is 58.5 Å². The van der Waals surface area contributed by atoms with E-state index < -0.39 is 15.8 Å². The zero-order chi connectivity index (χ0) is 15.6. The minimum Gasteiger partial charge on any atom is -0.475 e. The molecular formula is C15H16O5S. The van der Waals surface area contributed by atoms with Gasteiger partial charge in [0.1, 0.15) is 0 Å². The van der Waals surface area contributed by atoms with E-state index >= 15 is 0 Å². The number of aryl methyl sites for hydroxylation is 2. The molecule has 0 aliphatic carbocycles. The van der Waals surface area contributed by atoms with Crippen LogP contribution in [-0.4, -0.2) is 19.5 Å². The van der Waals surface area contributed by atoms with E-state index in [4.69, 9.17) is 9.52 Å². The fraction of sp³-hybridized carbons (Fsp3) is 0.267. The average Bonchev–Trinajstić information content (AvgIpc) is 2.73. The van der Waals surface area contributed by atoms with Gasteiger partial charge in [0.05, 0.1) is 17.8 Å². The van der Waals surface area contributed by atoms with Crippen molar-refractivity contribution in [2.75, 3.05) is 0 Å². The molecule has 2 aromatic rings. The lowest BCUT2D eigenvalue weighted by Crippen LogP contribution is -2.10. The van der Waals surface area contributed by atoms with E-state index in [-0.39, 0.29) is 22.8 Å². The summed E-state index contributed by atoms with van der Waals surface area (Å²) in [6, 6.07) is 6.98. The summed E-state index contributed by atoms with van der Waals surface area (Å²) in [5.41, 5.74) is 2.87. The lowest BCUT2D eigenvalue weighted by molar-refractivity contribution is 0.0661. The van der Waals surface area contributed by atoms with Crippen LogP contribution < -0.4 is 0 Å². The molecule has 0 aliphatic heterocycles. The van der Waals surface area contributed by atoms with Gasteiger partial charge in [-0.3, -0.25) is 0 Å². The van der Waals surface area contributed by atoms with Crippen molar-refractivity contribution in [3.63, 3.8) is 0 Å². The Kier molecular flexibility index (Phi) is 4.18. The highest BCUT2D eigenvalue weighted by Gasteiger charge is 2.21. The summed E-state index contributed by atoms with van der Waals surface area (Å²) in [6.07, 6.45) is 1.19. The largest absolute Gasteiger partial charge is 0.475 e. The number of sulfone groups is 1. The van der Waals surface area contributed by atoms with Crippen molar-refractivity contribution in [3.8, 4) is 0 Å². The van der Waals surface area contributed by atoms with Crippen LogP contribution in [0.4, 0.5) is 0 Å². The van der Waals surface area contributed by atoms with Gasteiger partial charge in [-0.2, -0.15) is 0 Å². The fourth-order valence-corrected chi connectivity index (χ4v) is 3.81. The lowest BCUT2D eigenvalue weighted by atomic mass is 10.1. The molecule has 1 aromatic carbocycles. The molecule has 0 saturated heterocycles. The quantitative estimate of drug-likeness (QED) is 0.918. The first-order valence-corrected chi connectivity index (χ1v) is 8.16. The van der Waals surface area contributed by atoms with Crippen LogP contribution in [0.15, 0.2) is 34.9 Å². The van der Waals surface area contributed by atoms with Gasteiger partial charge in [-0.1, -0.05) is 29.3 Å². The highest BCUT2D eigenvalue weighted by atomic mass is 32.2. The normalized spacial score (nSPS) is 11.5. The molecule has 0 atom stereocenters. The topological polar surface area (TPSA) is 84.6 Å². The first-order chi connectivity index (χ1) is 9.77. The Morgan fingerprint density at radius 2 is 1.76 bits per heavy atom. The van der Waals surface area contributed by atoms with E-state index in [1.165, 1.54) is 12.3 Å². The number of rotatable bonds is 5. The predicted octanol–water partition coefficient (Wildman–Crippen LogP) is 2.71. The van der Waals surface area contributed by atoms with Crippen LogP contribution in [0.25, 0.3) is 0 Å². The second kappa shape index (κ2) is 5.73. The van der Waals surface area contributed by atoms with Crippen molar-refractivity contribution in [2.45, 2.75) is 25.4 Å². The van der Waals surface area contributed by atoms with Gasteiger partial charge in [0.2, 0.25) is 5.76 Å². The molecule has 0 fully saturated rings. The Balaban J connectivity index is 2.22. The molecule has 112 valence electrons. The van der Waals surface area contributed by atoms with Crippen molar-refractivity contribution in [1.82, 2.24) is 0 Å². The van der Waals surface area contributed by atoms with Crippen LogP contribution in [0, 0.1) is 13.8 Å². The first kappa shape index (κ1) is 15.3. The molecule has 1 aromatic heterocycles. The second-order valence-corrected chi connectivity index (χ2v) is 7.17. The van der Waals surface area contributed by atoms with Crippen molar-refractivity contribution >= 4 is 15.8 Å². The SMILES string of the molecule is Cc1cc(C)cc(CS(=O)(=O)Cc2ccoc2C(=O)O)c1. The van der Waals surface area contributed by atoms with Crippen LogP contribution >= 0.6 is 0 Å². The van der Waals surface area contributed by atoms with Crippen LogP contribution in [-0.2, 0) is 21.3 Å². The summed E-state index contributed by atoms with van der Waals surface area (Å²) in [7, 11) is -3.47. The van der Waals surface area contributed by atoms with Gasteiger partial charge >= 0.3 is 5.97 Å². The molecule has 5 nitrogen and oxygen atoms in total. The van der Waals surface area contributed by atoms with E-state index in [0.717, 1.165) is 11.1 Å². The molecule has 0 saturated carbocycles. The standard InChI is InChI=1S/C15H16O5S/c1-10-5-11(2)7-12(6-10)8-21(18,19)9-13-3-4-20-14(13)15(16)17/h3-7H,8-9H2,1-2H3,(H,16,17). The van der Waals surface area contributed by atoms with Gasteiger partial charge in [0.25, 0.3) is 0 Å². The van der Waals surface area contributed by atoms with E-state index in [9.17, 15) is 13.2 Å². The Bertz CT molecular complexity index is 751. The maximum absolute atomic E-state index is 12.2. The van der Waals surface area contributed by atoms with Gasteiger partial charge in [-0.25, -0.2) is 13.2 Å². The average molecular weight is 308 g/mol. The summed E-state index contributed by atoms with van der Waals surface area (Å²) >= 11 is 0. The van der Waals surface area contributed by atoms with E-state index in [1.54, 1.807) is 0 Å². The molecule has 0 radical (unpaired) electrons. The Morgan fingerprint density at radius 3 is 2.33 bits per heavy atom. The summed E-state index contributed by atoms with van der Waals surface area (Å²) in [4.78, 5) is 10.9. The lowest BCUT2D eigenvalue weighted by Gasteiger charge is -2.06. The zero-order valence-corrected chi connectivity index (χ0v) is 12.6. The second-order valence-electron chi connectivity index (χ2n) is 5.11. The predicted molar refractivity (Wildman–Crippen MR) is 77.9 cm³/mol. The summed E-state index contributed by atoms with van der Waals surface area (Å²) in [5, 5.41) is 8.93. The molecule has 1 N–H and O–H groups in total. The third kappa shape index (κ3) is 3.95. The van der Waals surface area contributed by atoms with Crippen molar-refractivity contribution in [1.29, 1.82) is 0 Å². The molecule has 1 heterocycles. The number of benzene rings is 1. The summed E-state index contributed by atoms with van der Waals surface area (Å²) in [6.45, 7) is 3.81. The number of carboxylic acid groups (broad SMARTS) is 1. The van der Waals surface area contributed by atoms with E-state index in [0.29, 0.717) is 5.56 Å². The third-order valence-corrected chi connectivity index (χ3v) is 4.51. The van der Waals surface area contributed by atoms with Gasteiger partial charge in [0, 0.05) is 5.56 Å². The molecule has 6 heteroatoms. The molecule has 0 amide bonds. The first-order valence-electron chi connectivity index (χ1n) is 6.34. The van der Waals surface area contributed by atoms with E-state index in [1.807, 2.05) is 32.0 Å². The Labute approximate surface area is 123 Å². The molecule has 0 unspecified atom stereocenters. The van der Waals surface area contributed by atoms with Gasteiger partial charge in [-0.05, 0) is 25.5 Å². The minimum absolute atomic E-state index is 0.125. The zero-order valence-electron chi connectivity index (χ0n) is 11.8. The Morgan fingerprint density at radius 1 is 1.14 bits per heavy atom. The van der Waals surface area contributed by atoms with Crippen LogP contribution in [0.1, 0.15) is 32.8 Å². The number of carboxylic acids is 1. The molecule has 2 rings (SSSR count). The summed E-state index contributed by atoms with van der Waals surface area (Å²) in [5.74, 6) is -2.06. The minimum atomic E-state index is -3.47. The molecule has 0 bridgehead atoms. The van der Waals surface area contributed by atoms with Crippen molar-refractivity contribution in [2.24, 2.45) is 0 Å². The van der Waals surface area contributed by atoms with E-state index in [2.05, 4.69) is 0 Å². The molecule has 0 spiro atoms. The third-order valence-electron chi connectivity index (χ3n) is 2.98. The maximum atomic E-state index is 12.2. The summed E-state index contributed by atoms with van der Waals surface area (Å²) < 4.78 is 29.3. The highest BCUT2D eigenvalue weighted by Crippen LogP contribution is 2.18. The smallest absolute Gasteiger partial charge is 0.372 e. The van der Waals surface area contributed by atoms with Crippen LogP contribution in [0.2, 0.25) is 0 Å². The van der Waals surface area contributed by atoms with Crippen LogP contribution in [0.3, 0.4) is 0 Å². The number of hydrogen-bond donors (Lipinski definition) is 1.